The molecular weight excluding hydrogens is 244 g/mol. The van der Waals surface area contributed by atoms with Gasteiger partial charge < -0.3 is 15.8 Å². The van der Waals surface area contributed by atoms with Crippen LogP contribution in [-0.4, -0.2) is 28.8 Å². The van der Waals surface area contributed by atoms with Gasteiger partial charge in [0.25, 0.3) is 0 Å². The number of benzene rings is 1. The Morgan fingerprint density at radius 1 is 1.37 bits per heavy atom. The quantitative estimate of drug-likeness (QED) is 0.590. The van der Waals surface area contributed by atoms with Crippen molar-refractivity contribution >= 4 is 11.6 Å². The highest BCUT2D eigenvalue weighted by Crippen LogP contribution is 2.12. The zero-order valence-corrected chi connectivity index (χ0v) is 10.5. The maximum absolute atomic E-state index is 11.5. The molecule has 0 saturated carbocycles. The van der Waals surface area contributed by atoms with Crippen LogP contribution in [0.2, 0.25) is 0 Å². The molecule has 6 heteroatoms. The van der Waals surface area contributed by atoms with Crippen LogP contribution >= 0.6 is 0 Å². The minimum Gasteiger partial charge on any atom is -0.492 e. The van der Waals surface area contributed by atoms with Crippen LogP contribution in [0.15, 0.2) is 42.7 Å². The number of amides is 1. The van der Waals surface area contributed by atoms with E-state index in [1.165, 1.54) is 0 Å². The van der Waals surface area contributed by atoms with Crippen molar-refractivity contribution in [3.8, 4) is 5.75 Å². The van der Waals surface area contributed by atoms with Crippen LogP contribution < -0.4 is 15.8 Å². The molecule has 0 radical (unpaired) electrons. The van der Waals surface area contributed by atoms with Gasteiger partial charge in [0.15, 0.2) is 0 Å². The van der Waals surface area contributed by atoms with E-state index in [-0.39, 0.29) is 12.5 Å². The van der Waals surface area contributed by atoms with Gasteiger partial charge in [-0.25, -0.2) is 0 Å². The van der Waals surface area contributed by atoms with Gasteiger partial charge in [-0.05, 0) is 30.3 Å². The Kier molecular flexibility index (Phi) is 4.39. The lowest BCUT2D eigenvalue weighted by atomic mass is 10.3. The zero-order chi connectivity index (χ0) is 13.5. The lowest BCUT2D eigenvalue weighted by Crippen LogP contribution is -2.31. The van der Waals surface area contributed by atoms with E-state index in [9.17, 15) is 4.79 Å². The summed E-state index contributed by atoms with van der Waals surface area (Å²) in [7, 11) is 0. The van der Waals surface area contributed by atoms with Crippen LogP contribution in [0.25, 0.3) is 0 Å². The first-order valence-electron chi connectivity index (χ1n) is 5.96. The summed E-state index contributed by atoms with van der Waals surface area (Å²) in [5.74, 6) is 0.639. The smallest absolute Gasteiger partial charge is 0.241 e. The lowest BCUT2D eigenvalue weighted by Gasteiger charge is -2.08. The van der Waals surface area contributed by atoms with Crippen LogP contribution in [0.5, 0.6) is 5.75 Å². The van der Waals surface area contributed by atoms with Crippen molar-refractivity contribution in [1.82, 2.24) is 15.1 Å². The van der Waals surface area contributed by atoms with Gasteiger partial charge in [0.1, 0.15) is 18.9 Å². The highest BCUT2D eigenvalue weighted by Gasteiger charge is 2.01. The average molecular weight is 260 g/mol. The number of ether oxygens (including phenoxy) is 1. The number of nitrogen functional groups attached to an aromatic ring is 1. The summed E-state index contributed by atoms with van der Waals surface area (Å²) >= 11 is 0. The molecular formula is C13H16N4O2. The average Bonchev–Trinajstić information content (AvgIpc) is 2.89. The van der Waals surface area contributed by atoms with E-state index in [4.69, 9.17) is 10.5 Å². The van der Waals surface area contributed by atoms with E-state index in [1.54, 1.807) is 47.4 Å². The summed E-state index contributed by atoms with van der Waals surface area (Å²) < 4.78 is 7.02. The predicted molar refractivity (Wildman–Crippen MR) is 71.6 cm³/mol. The number of nitrogens with one attached hydrogen (secondary N) is 1. The third-order valence-corrected chi connectivity index (χ3v) is 2.44. The van der Waals surface area contributed by atoms with E-state index in [0.29, 0.717) is 18.8 Å². The molecule has 0 atom stereocenters. The van der Waals surface area contributed by atoms with Crippen LogP contribution in [0, 0.1) is 0 Å². The van der Waals surface area contributed by atoms with E-state index in [2.05, 4.69) is 10.4 Å². The largest absolute Gasteiger partial charge is 0.492 e. The first-order chi connectivity index (χ1) is 9.24. The Labute approximate surface area is 111 Å². The predicted octanol–water partition coefficient (Wildman–Crippen LogP) is 0.660. The normalized spacial score (nSPS) is 10.1. The molecule has 0 aliphatic carbocycles. The summed E-state index contributed by atoms with van der Waals surface area (Å²) in [6.07, 6.45) is 3.38. The van der Waals surface area contributed by atoms with Crippen LogP contribution in [0.4, 0.5) is 5.69 Å². The molecule has 2 rings (SSSR count). The van der Waals surface area contributed by atoms with E-state index in [0.717, 1.165) is 5.75 Å². The molecule has 2 aromatic rings. The van der Waals surface area contributed by atoms with Gasteiger partial charge in [-0.15, -0.1) is 0 Å². The Morgan fingerprint density at radius 2 is 2.16 bits per heavy atom. The fourth-order valence-corrected chi connectivity index (χ4v) is 1.52. The summed E-state index contributed by atoms with van der Waals surface area (Å²) in [5, 5.41) is 6.71. The number of rotatable bonds is 6. The number of hydrogen-bond donors (Lipinski definition) is 2. The Bertz CT molecular complexity index is 508. The minimum absolute atomic E-state index is 0.0930. The third-order valence-electron chi connectivity index (χ3n) is 2.44. The highest BCUT2D eigenvalue weighted by molar-refractivity contribution is 5.75. The first kappa shape index (κ1) is 12.9. The van der Waals surface area contributed by atoms with Crippen molar-refractivity contribution in [2.24, 2.45) is 0 Å². The standard InChI is InChI=1S/C13H16N4O2/c14-11-2-4-12(5-3-11)19-9-7-15-13(18)10-17-8-1-6-16-17/h1-6,8H,7,9-10,14H2,(H,15,18). The SMILES string of the molecule is Nc1ccc(OCCNC(=O)Cn2cccn2)cc1. The van der Waals surface area contributed by atoms with E-state index in [1.807, 2.05) is 0 Å². The van der Waals surface area contributed by atoms with E-state index >= 15 is 0 Å². The van der Waals surface area contributed by atoms with Crippen LogP contribution in [0.3, 0.4) is 0 Å². The molecule has 0 aliphatic rings. The van der Waals surface area contributed by atoms with Gasteiger partial charge in [0.05, 0.1) is 6.54 Å². The van der Waals surface area contributed by atoms with Crippen molar-refractivity contribution in [3.63, 3.8) is 0 Å². The fourth-order valence-electron chi connectivity index (χ4n) is 1.52. The number of hydrogen-bond acceptors (Lipinski definition) is 4. The maximum atomic E-state index is 11.5. The minimum atomic E-state index is -0.0930. The molecule has 100 valence electrons. The number of carbonyl (C=O) groups excluding carboxylic acids is 1. The third kappa shape index (κ3) is 4.34. The lowest BCUT2D eigenvalue weighted by molar-refractivity contribution is -0.121. The number of anilines is 1. The maximum Gasteiger partial charge on any atom is 0.241 e. The second-order valence-electron chi connectivity index (χ2n) is 3.97. The van der Waals surface area contributed by atoms with Gasteiger partial charge in [0.2, 0.25) is 5.91 Å². The molecule has 3 N–H and O–H groups in total. The van der Waals surface area contributed by atoms with Gasteiger partial charge in [0, 0.05) is 18.1 Å². The van der Waals surface area contributed by atoms with Gasteiger partial charge >= 0.3 is 0 Å². The second-order valence-corrected chi connectivity index (χ2v) is 3.97. The van der Waals surface area contributed by atoms with E-state index < -0.39 is 0 Å². The number of nitrogens with zero attached hydrogens (tertiary/aromatic N) is 2. The zero-order valence-electron chi connectivity index (χ0n) is 10.5. The molecule has 0 aliphatic heterocycles. The molecule has 1 heterocycles. The number of aromatic nitrogens is 2. The molecule has 0 spiro atoms. The molecule has 19 heavy (non-hydrogen) atoms. The molecule has 0 bridgehead atoms. The molecule has 1 aromatic heterocycles. The Morgan fingerprint density at radius 3 is 2.84 bits per heavy atom. The van der Waals surface area contributed by atoms with Gasteiger partial charge in [-0.2, -0.15) is 5.10 Å². The number of nitrogens with two attached hydrogens (primary N) is 1. The molecule has 0 unspecified atom stereocenters. The van der Waals surface area contributed by atoms with Crippen LogP contribution in [0.1, 0.15) is 0 Å². The monoisotopic (exact) mass is 260 g/mol. The van der Waals surface area contributed by atoms with Gasteiger partial charge in [-0.3, -0.25) is 9.48 Å². The molecule has 1 amide bonds. The van der Waals surface area contributed by atoms with Crippen molar-refractivity contribution in [3.05, 3.63) is 42.7 Å². The van der Waals surface area contributed by atoms with Gasteiger partial charge in [-0.1, -0.05) is 0 Å². The summed E-state index contributed by atoms with van der Waals surface area (Å²) in [4.78, 5) is 11.5. The molecule has 1 aromatic carbocycles. The number of carbonyl (C=O) groups is 1. The fraction of sp³-hybridized carbons (Fsp3) is 0.231. The van der Waals surface area contributed by atoms with Crippen molar-refractivity contribution < 1.29 is 9.53 Å². The highest BCUT2D eigenvalue weighted by atomic mass is 16.5. The molecule has 0 saturated heterocycles. The van der Waals surface area contributed by atoms with Crippen molar-refractivity contribution in [2.75, 3.05) is 18.9 Å². The van der Waals surface area contributed by atoms with Crippen molar-refractivity contribution in [2.45, 2.75) is 6.54 Å². The topological polar surface area (TPSA) is 82.2 Å². The Balaban J connectivity index is 1.64. The molecule has 6 nitrogen and oxygen atoms in total. The molecule has 0 fully saturated rings. The van der Waals surface area contributed by atoms with Crippen molar-refractivity contribution in [1.29, 1.82) is 0 Å². The first-order valence-corrected chi connectivity index (χ1v) is 5.96. The van der Waals surface area contributed by atoms with Crippen LogP contribution in [-0.2, 0) is 11.3 Å². The summed E-state index contributed by atoms with van der Waals surface area (Å²) in [5.41, 5.74) is 6.26. The summed E-state index contributed by atoms with van der Waals surface area (Å²) in [6.45, 7) is 1.08. The second kappa shape index (κ2) is 6.44. The Hall–Kier alpha value is -2.50. The summed E-state index contributed by atoms with van der Waals surface area (Å²) in [6, 6.07) is 8.90.